The summed E-state index contributed by atoms with van der Waals surface area (Å²) < 4.78 is 13.0. The molecular formula is C14H20ClFN2O2. The third-order valence-electron chi connectivity index (χ3n) is 3.21. The number of carbonyl (C=O) groups excluding carboxylic acids is 1. The van der Waals surface area contributed by atoms with Crippen molar-refractivity contribution in [3.8, 4) is 0 Å². The molecule has 0 spiro atoms. The zero-order chi connectivity index (χ0) is 15.1. The minimum absolute atomic E-state index is 0.0249. The predicted octanol–water partition coefficient (Wildman–Crippen LogP) is 2.69. The first-order chi connectivity index (χ1) is 9.43. The number of carbonyl (C=O) groups is 1. The molecule has 4 nitrogen and oxygen atoms in total. The van der Waals surface area contributed by atoms with Gasteiger partial charge in [0.1, 0.15) is 5.82 Å². The van der Waals surface area contributed by atoms with E-state index in [1.807, 2.05) is 13.8 Å². The van der Waals surface area contributed by atoms with Gasteiger partial charge in [0.2, 0.25) is 0 Å². The number of aliphatic hydroxyl groups excluding tert-OH is 1. The van der Waals surface area contributed by atoms with Gasteiger partial charge in [-0.3, -0.25) is 0 Å². The van der Waals surface area contributed by atoms with E-state index in [-0.39, 0.29) is 30.1 Å². The zero-order valence-electron chi connectivity index (χ0n) is 11.6. The van der Waals surface area contributed by atoms with Gasteiger partial charge in [-0.25, -0.2) is 9.18 Å². The molecule has 0 fully saturated rings. The summed E-state index contributed by atoms with van der Waals surface area (Å²) in [6.07, 6.45) is 0.282. The molecule has 2 atom stereocenters. The van der Waals surface area contributed by atoms with Crippen molar-refractivity contribution in [2.45, 2.75) is 32.9 Å². The van der Waals surface area contributed by atoms with Crippen molar-refractivity contribution in [2.24, 2.45) is 5.92 Å². The third-order valence-corrected chi connectivity index (χ3v) is 3.50. The largest absolute Gasteiger partial charge is 0.391 e. The minimum atomic E-state index is -0.564. The SMILES string of the molecule is CCC(C)C(O)CNC(=O)NCc1ccc(F)c(Cl)c1. The molecule has 3 N–H and O–H groups in total. The van der Waals surface area contributed by atoms with Crippen LogP contribution in [0.3, 0.4) is 0 Å². The normalized spacial score (nSPS) is 13.7. The fourth-order valence-corrected chi connectivity index (χ4v) is 1.77. The number of rotatable bonds is 6. The molecule has 0 aliphatic rings. The lowest BCUT2D eigenvalue weighted by Crippen LogP contribution is -2.41. The molecule has 1 aromatic rings. The van der Waals surface area contributed by atoms with Crippen molar-refractivity contribution in [1.29, 1.82) is 0 Å². The summed E-state index contributed by atoms with van der Waals surface area (Å²) in [5.74, 6) is -0.359. The lowest BCUT2D eigenvalue weighted by molar-refractivity contribution is 0.114. The maximum absolute atomic E-state index is 13.0. The second-order valence-electron chi connectivity index (χ2n) is 4.76. The molecule has 0 radical (unpaired) electrons. The minimum Gasteiger partial charge on any atom is -0.391 e. The van der Waals surface area contributed by atoms with Crippen molar-refractivity contribution in [1.82, 2.24) is 10.6 Å². The van der Waals surface area contributed by atoms with Crippen LogP contribution in [0.4, 0.5) is 9.18 Å². The summed E-state index contributed by atoms with van der Waals surface area (Å²) in [5, 5.41) is 14.9. The first-order valence-corrected chi connectivity index (χ1v) is 6.95. The monoisotopic (exact) mass is 302 g/mol. The highest BCUT2D eigenvalue weighted by atomic mass is 35.5. The van der Waals surface area contributed by atoms with Crippen LogP contribution < -0.4 is 10.6 Å². The van der Waals surface area contributed by atoms with Gasteiger partial charge in [0.25, 0.3) is 0 Å². The molecule has 0 aromatic heterocycles. The Hall–Kier alpha value is -1.33. The van der Waals surface area contributed by atoms with Gasteiger partial charge in [0.05, 0.1) is 11.1 Å². The van der Waals surface area contributed by atoms with Crippen LogP contribution >= 0.6 is 11.6 Å². The Morgan fingerprint density at radius 1 is 1.45 bits per heavy atom. The number of benzene rings is 1. The molecule has 1 rings (SSSR count). The van der Waals surface area contributed by atoms with Crippen molar-refractivity contribution < 1.29 is 14.3 Å². The summed E-state index contributed by atoms with van der Waals surface area (Å²) in [7, 11) is 0. The highest BCUT2D eigenvalue weighted by Gasteiger charge is 2.13. The summed E-state index contributed by atoms with van der Waals surface area (Å²) in [4.78, 5) is 11.5. The van der Waals surface area contributed by atoms with E-state index in [0.29, 0.717) is 5.56 Å². The smallest absolute Gasteiger partial charge is 0.315 e. The van der Waals surface area contributed by atoms with Gasteiger partial charge >= 0.3 is 6.03 Å². The molecule has 2 amide bonds. The summed E-state index contributed by atoms with van der Waals surface area (Å²) in [6.45, 7) is 4.34. The van der Waals surface area contributed by atoms with E-state index >= 15 is 0 Å². The quantitative estimate of drug-likeness (QED) is 0.756. The lowest BCUT2D eigenvalue weighted by Gasteiger charge is -2.17. The Kier molecular flexibility index (Phi) is 6.75. The van der Waals surface area contributed by atoms with Crippen LogP contribution in [0.25, 0.3) is 0 Å². The Morgan fingerprint density at radius 3 is 2.75 bits per heavy atom. The van der Waals surface area contributed by atoms with E-state index in [0.717, 1.165) is 6.42 Å². The molecule has 20 heavy (non-hydrogen) atoms. The fraction of sp³-hybridized carbons (Fsp3) is 0.500. The van der Waals surface area contributed by atoms with Gasteiger partial charge in [-0.2, -0.15) is 0 Å². The van der Waals surface area contributed by atoms with Crippen LogP contribution in [0, 0.1) is 11.7 Å². The summed E-state index contributed by atoms with van der Waals surface area (Å²) >= 11 is 5.65. The van der Waals surface area contributed by atoms with E-state index in [1.165, 1.54) is 12.1 Å². The lowest BCUT2D eigenvalue weighted by atomic mass is 10.0. The standard InChI is InChI=1S/C14H20ClFN2O2/c1-3-9(2)13(19)8-18-14(20)17-7-10-4-5-12(16)11(15)6-10/h4-6,9,13,19H,3,7-8H2,1-2H3,(H2,17,18,20). The predicted molar refractivity (Wildman–Crippen MR) is 77.1 cm³/mol. The Morgan fingerprint density at radius 2 is 2.15 bits per heavy atom. The average Bonchev–Trinajstić information content (AvgIpc) is 2.45. The fourth-order valence-electron chi connectivity index (χ4n) is 1.56. The molecule has 0 heterocycles. The Balaban J connectivity index is 2.34. The van der Waals surface area contributed by atoms with Gasteiger partial charge < -0.3 is 15.7 Å². The van der Waals surface area contributed by atoms with Gasteiger partial charge in [-0.15, -0.1) is 0 Å². The number of hydrogen-bond donors (Lipinski definition) is 3. The van der Waals surface area contributed by atoms with Gasteiger partial charge in [0, 0.05) is 13.1 Å². The highest BCUT2D eigenvalue weighted by molar-refractivity contribution is 6.30. The molecule has 6 heteroatoms. The van der Waals surface area contributed by atoms with Gasteiger partial charge in [-0.05, 0) is 23.6 Å². The summed E-state index contributed by atoms with van der Waals surface area (Å²) in [6, 6.07) is 3.89. The first-order valence-electron chi connectivity index (χ1n) is 6.57. The van der Waals surface area contributed by atoms with E-state index < -0.39 is 11.9 Å². The second-order valence-corrected chi connectivity index (χ2v) is 5.17. The Labute approximate surface area is 123 Å². The molecule has 112 valence electrons. The number of urea groups is 1. The topological polar surface area (TPSA) is 61.4 Å². The number of halogens is 2. The molecule has 0 saturated carbocycles. The van der Waals surface area contributed by atoms with Crippen LogP contribution in [-0.2, 0) is 6.54 Å². The highest BCUT2D eigenvalue weighted by Crippen LogP contribution is 2.15. The molecule has 0 aliphatic carbocycles. The van der Waals surface area contributed by atoms with Crippen molar-refractivity contribution in [3.63, 3.8) is 0 Å². The van der Waals surface area contributed by atoms with E-state index in [4.69, 9.17) is 11.6 Å². The molecule has 0 saturated heterocycles. The van der Waals surface area contributed by atoms with E-state index in [1.54, 1.807) is 6.07 Å². The van der Waals surface area contributed by atoms with Crippen molar-refractivity contribution >= 4 is 17.6 Å². The number of hydrogen-bond acceptors (Lipinski definition) is 2. The molecule has 2 unspecified atom stereocenters. The van der Waals surface area contributed by atoms with Crippen molar-refractivity contribution in [2.75, 3.05) is 6.54 Å². The summed E-state index contributed by atoms with van der Waals surface area (Å²) in [5.41, 5.74) is 0.703. The number of aliphatic hydroxyl groups is 1. The molecule has 0 bridgehead atoms. The van der Waals surface area contributed by atoms with Gasteiger partial charge in [-0.1, -0.05) is 37.9 Å². The molecule has 1 aromatic carbocycles. The maximum Gasteiger partial charge on any atom is 0.315 e. The van der Waals surface area contributed by atoms with Crippen LogP contribution in [0.15, 0.2) is 18.2 Å². The second kappa shape index (κ2) is 8.07. The first kappa shape index (κ1) is 16.7. The molecular weight excluding hydrogens is 283 g/mol. The average molecular weight is 303 g/mol. The van der Waals surface area contributed by atoms with E-state index in [2.05, 4.69) is 10.6 Å². The zero-order valence-corrected chi connectivity index (χ0v) is 12.4. The van der Waals surface area contributed by atoms with Crippen LogP contribution in [0.5, 0.6) is 0 Å². The van der Waals surface area contributed by atoms with Gasteiger partial charge in [0.15, 0.2) is 0 Å². The van der Waals surface area contributed by atoms with E-state index in [9.17, 15) is 14.3 Å². The van der Waals surface area contributed by atoms with Crippen molar-refractivity contribution in [3.05, 3.63) is 34.6 Å². The van der Waals surface area contributed by atoms with Crippen LogP contribution in [-0.4, -0.2) is 23.8 Å². The Bertz CT molecular complexity index is 457. The number of amides is 2. The third kappa shape index (κ3) is 5.35. The molecule has 0 aliphatic heterocycles. The van der Waals surface area contributed by atoms with Crippen LogP contribution in [0.1, 0.15) is 25.8 Å². The van der Waals surface area contributed by atoms with Crippen LogP contribution in [0.2, 0.25) is 5.02 Å². The number of nitrogens with one attached hydrogen (secondary N) is 2. The maximum atomic E-state index is 13.0.